The number of piperazine rings is 1. The highest BCUT2D eigenvalue weighted by atomic mass is 15.3. The SMILES string of the molecule is CN1CCN(C2(c3ccccc3)CCC3(CCNCC3)CC2)CC1. The Bertz CT molecular complexity index is 517. The quantitative estimate of drug-likeness (QED) is 0.900. The van der Waals surface area contributed by atoms with Crippen molar-refractivity contribution in [1.82, 2.24) is 15.1 Å². The summed E-state index contributed by atoms with van der Waals surface area (Å²) in [4.78, 5) is 5.31. The van der Waals surface area contributed by atoms with Crippen molar-refractivity contribution in [3.05, 3.63) is 35.9 Å². The zero-order chi connectivity index (χ0) is 16.5. The van der Waals surface area contributed by atoms with Gasteiger partial charge in [0, 0.05) is 31.7 Å². The van der Waals surface area contributed by atoms with Crippen LogP contribution >= 0.6 is 0 Å². The van der Waals surface area contributed by atoms with E-state index in [0.29, 0.717) is 11.0 Å². The van der Waals surface area contributed by atoms with E-state index < -0.39 is 0 Å². The average molecular weight is 328 g/mol. The van der Waals surface area contributed by atoms with Gasteiger partial charge in [-0.15, -0.1) is 0 Å². The molecule has 3 nitrogen and oxygen atoms in total. The molecule has 1 saturated carbocycles. The summed E-state index contributed by atoms with van der Waals surface area (Å²) in [5, 5.41) is 3.56. The van der Waals surface area contributed by atoms with Crippen molar-refractivity contribution in [2.24, 2.45) is 5.41 Å². The fraction of sp³-hybridized carbons (Fsp3) is 0.714. The molecule has 1 aromatic rings. The molecule has 132 valence electrons. The number of hydrogen-bond donors (Lipinski definition) is 1. The molecule has 1 N–H and O–H groups in total. The molecule has 3 heteroatoms. The summed E-state index contributed by atoms with van der Waals surface area (Å²) < 4.78 is 0. The molecule has 1 spiro atoms. The zero-order valence-corrected chi connectivity index (χ0v) is 15.3. The summed E-state index contributed by atoms with van der Waals surface area (Å²) >= 11 is 0. The van der Waals surface area contributed by atoms with Crippen LogP contribution in [0.5, 0.6) is 0 Å². The Morgan fingerprint density at radius 2 is 1.42 bits per heavy atom. The van der Waals surface area contributed by atoms with Gasteiger partial charge in [-0.25, -0.2) is 0 Å². The lowest BCUT2D eigenvalue weighted by atomic mass is 9.61. The first-order valence-corrected chi connectivity index (χ1v) is 9.92. The van der Waals surface area contributed by atoms with E-state index in [1.54, 1.807) is 5.56 Å². The van der Waals surface area contributed by atoms with Gasteiger partial charge < -0.3 is 10.2 Å². The Balaban J connectivity index is 1.58. The smallest absolute Gasteiger partial charge is 0.0462 e. The topological polar surface area (TPSA) is 18.5 Å². The van der Waals surface area contributed by atoms with Gasteiger partial charge in [0.2, 0.25) is 0 Å². The van der Waals surface area contributed by atoms with Crippen molar-refractivity contribution in [3.63, 3.8) is 0 Å². The third kappa shape index (κ3) is 3.02. The Hall–Kier alpha value is -0.900. The molecule has 2 aliphatic heterocycles. The van der Waals surface area contributed by atoms with E-state index >= 15 is 0 Å². The van der Waals surface area contributed by atoms with E-state index in [9.17, 15) is 0 Å². The molecule has 1 aliphatic carbocycles. The van der Waals surface area contributed by atoms with E-state index in [-0.39, 0.29) is 0 Å². The molecule has 24 heavy (non-hydrogen) atoms. The lowest BCUT2D eigenvalue weighted by molar-refractivity contribution is -0.0288. The monoisotopic (exact) mass is 327 g/mol. The van der Waals surface area contributed by atoms with Gasteiger partial charge in [0.15, 0.2) is 0 Å². The van der Waals surface area contributed by atoms with E-state index in [0.717, 1.165) is 0 Å². The summed E-state index contributed by atoms with van der Waals surface area (Å²) in [5.74, 6) is 0. The average Bonchev–Trinajstić information content (AvgIpc) is 2.65. The van der Waals surface area contributed by atoms with Gasteiger partial charge in [-0.05, 0) is 69.6 Å². The lowest BCUT2D eigenvalue weighted by Crippen LogP contribution is -2.57. The molecule has 0 radical (unpaired) electrons. The summed E-state index contributed by atoms with van der Waals surface area (Å²) in [6.45, 7) is 7.33. The summed E-state index contributed by atoms with van der Waals surface area (Å²) in [7, 11) is 2.26. The maximum atomic E-state index is 3.56. The summed E-state index contributed by atoms with van der Waals surface area (Å²) in [5.41, 5.74) is 2.49. The first-order valence-electron chi connectivity index (χ1n) is 9.92. The van der Waals surface area contributed by atoms with Crippen molar-refractivity contribution in [3.8, 4) is 0 Å². The number of likely N-dealkylation sites (N-methyl/N-ethyl adjacent to an activating group) is 1. The van der Waals surface area contributed by atoms with Crippen molar-refractivity contribution >= 4 is 0 Å². The van der Waals surface area contributed by atoms with Crippen molar-refractivity contribution in [2.45, 2.75) is 44.1 Å². The van der Waals surface area contributed by atoms with Crippen LogP contribution in [-0.4, -0.2) is 56.1 Å². The predicted molar refractivity (Wildman–Crippen MR) is 100 cm³/mol. The molecular weight excluding hydrogens is 294 g/mol. The van der Waals surface area contributed by atoms with E-state index in [2.05, 4.69) is 52.5 Å². The normalized spacial score (nSPS) is 28.0. The van der Waals surface area contributed by atoms with Crippen molar-refractivity contribution < 1.29 is 0 Å². The number of piperidine rings is 1. The number of hydrogen-bond acceptors (Lipinski definition) is 3. The Morgan fingerprint density at radius 3 is 2.04 bits per heavy atom. The molecule has 0 atom stereocenters. The van der Waals surface area contributed by atoms with Crippen molar-refractivity contribution in [1.29, 1.82) is 0 Å². The second kappa shape index (κ2) is 6.78. The van der Waals surface area contributed by atoms with Crippen LogP contribution < -0.4 is 5.32 Å². The van der Waals surface area contributed by atoms with Gasteiger partial charge in [-0.3, -0.25) is 4.90 Å². The maximum absolute atomic E-state index is 3.56. The molecular formula is C21H33N3. The third-order valence-corrected chi connectivity index (χ3v) is 7.22. The minimum atomic E-state index is 0.290. The zero-order valence-electron chi connectivity index (χ0n) is 15.3. The Morgan fingerprint density at radius 1 is 0.792 bits per heavy atom. The molecule has 2 saturated heterocycles. The molecule has 1 aromatic carbocycles. The van der Waals surface area contributed by atoms with Crippen molar-refractivity contribution in [2.75, 3.05) is 46.3 Å². The second-order valence-corrected chi connectivity index (χ2v) is 8.44. The fourth-order valence-corrected chi connectivity index (χ4v) is 5.42. The van der Waals surface area contributed by atoms with Gasteiger partial charge in [0.05, 0.1) is 0 Å². The molecule has 2 heterocycles. The van der Waals surface area contributed by atoms with E-state index in [1.165, 1.54) is 77.8 Å². The molecule has 0 bridgehead atoms. The van der Waals surface area contributed by atoms with Gasteiger partial charge >= 0.3 is 0 Å². The predicted octanol–water partition coefficient (Wildman–Crippen LogP) is 3.07. The van der Waals surface area contributed by atoms with Gasteiger partial charge in [0.1, 0.15) is 0 Å². The van der Waals surface area contributed by atoms with Gasteiger partial charge in [-0.2, -0.15) is 0 Å². The standard InChI is InChI=1S/C21H33N3/c1-23-15-17-24(18-16-23)21(19-5-3-2-4-6-19)9-7-20(8-10-21)11-13-22-14-12-20/h2-6,22H,7-18H2,1H3. The van der Waals surface area contributed by atoms with Gasteiger partial charge in [0.25, 0.3) is 0 Å². The Labute approximate surface area is 147 Å². The molecule has 0 unspecified atom stereocenters. The van der Waals surface area contributed by atoms with Gasteiger partial charge in [-0.1, -0.05) is 30.3 Å². The molecule has 4 rings (SSSR count). The van der Waals surface area contributed by atoms with Crippen LogP contribution in [0.25, 0.3) is 0 Å². The van der Waals surface area contributed by atoms with E-state index in [1.807, 2.05) is 0 Å². The highest BCUT2D eigenvalue weighted by Crippen LogP contribution is 2.52. The highest BCUT2D eigenvalue weighted by molar-refractivity contribution is 5.26. The molecule has 0 aromatic heterocycles. The largest absolute Gasteiger partial charge is 0.317 e. The van der Waals surface area contributed by atoms with Crippen LogP contribution in [0.2, 0.25) is 0 Å². The van der Waals surface area contributed by atoms with E-state index in [4.69, 9.17) is 0 Å². The van der Waals surface area contributed by atoms with Crippen LogP contribution in [0.3, 0.4) is 0 Å². The third-order valence-electron chi connectivity index (χ3n) is 7.22. The van der Waals surface area contributed by atoms with Crippen LogP contribution in [0.15, 0.2) is 30.3 Å². The molecule has 3 aliphatic rings. The first kappa shape index (κ1) is 16.6. The molecule has 3 fully saturated rings. The van der Waals surface area contributed by atoms with Crippen LogP contribution in [0.4, 0.5) is 0 Å². The highest BCUT2D eigenvalue weighted by Gasteiger charge is 2.47. The number of benzene rings is 1. The van der Waals surface area contributed by atoms with Crippen LogP contribution in [-0.2, 0) is 5.54 Å². The number of nitrogens with one attached hydrogen (secondary N) is 1. The summed E-state index contributed by atoms with van der Waals surface area (Å²) in [6.07, 6.45) is 8.30. The minimum Gasteiger partial charge on any atom is -0.317 e. The number of nitrogens with zero attached hydrogens (tertiary/aromatic N) is 2. The first-order chi connectivity index (χ1) is 11.7. The second-order valence-electron chi connectivity index (χ2n) is 8.44. The minimum absolute atomic E-state index is 0.290. The lowest BCUT2D eigenvalue weighted by Gasteiger charge is -2.54. The molecule has 0 amide bonds. The maximum Gasteiger partial charge on any atom is 0.0462 e. The fourth-order valence-electron chi connectivity index (χ4n) is 5.42. The summed E-state index contributed by atoms with van der Waals surface area (Å²) in [6, 6.07) is 11.4. The van der Waals surface area contributed by atoms with Crippen LogP contribution in [0, 0.1) is 5.41 Å². The Kier molecular flexibility index (Phi) is 4.68. The van der Waals surface area contributed by atoms with Crippen LogP contribution in [0.1, 0.15) is 44.1 Å². The number of rotatable bonds is 2.